The highest BCUT2D eigenvalue weighted by Crippen LogP contribution is 2.46. The number of pyridine rings is 1. The van der Waals surface area contributed by atoms with Crippen molar-refractivity contribution in [3.63, 3.8) is 0 Å². The maximum Gasteiger partial charge on any atom is 0.283 e. The zero-order valence-electron chi connectivity index (χ0n) is 28.7. The van der Waals surface area contributed by atoms with Crippen LogP contribution in [0.3, 0.4) is 0 Å². The topological polar surface area (TPSA) is 110 Å². The van der Waals surface area contributed by atoms with Crippen LogP contribution in [0.5, 0.6) is 5.75 Å². The molecule has 12 heteroatoms. The molecule has 1 saturated carbocycles. The minimum atomic E-state index is -3.94. The number of nitrogens with one attached hydrogen (secondary N) is 1. The summed E-state index contributed by atoms with van der Waals surface area (Å²) in [7, 11) is 0.160. The third kappa shape index (κ3) is 7.96. The first-order valence-electron chi connectivity index (χ1n) is 17.6. The van der Waals surface area contributed by atoms with Gasteiger partial charge in [-0.1, -0.05) is 31.0 Å². The Morgan fingerprint density at radius 1 is 0.958 bits per heavy atom. The Hall–Kier alpha value is -2.44. The molecule has 0 spiro atoms. The van der Waals surface area contributed by atoms with Gasteiger partial charge < -0.3 is 24.0 Å². The fraction of sp³-hybridized carbons (Fsp3) is 0.667. The second kappa shape index (κ2) is 15.2. The summed E-state index contributed by atoms with van der Waals surface area (Å²) in [5.41, 5.74) is 2.30. The van der Waals surface area contributed by atoms with Gasteiger partial charge >= 0.3 is 0 Å². The number of carbonyl (C=O) groups is 1. The van der Waals surface area contributed by atoms with Crippen LogP contribution >= 0.6 is 11.6 Å². The number of benzene rings is 1. The third-order valence-electron chi connectivity index (χ3n) is 11.2. The van der Waals surface area contributed by atoms with Crippen LogP contribution in [-0.2, 0) is 32.5 Å². The monoisotopic (exact) mass is 702 g/mol. The van der Waals surface area contributed by atoms with E-state index in [9.17, 15) is 13.2 Å². The molecule has 1 aliphatic carbocycles. The highest BCUT2D eigenvalue weighted by molar-refractivity contribution is 7.90. The number of aromatic nitrogens is 1. The molecule has 5 atom stereocenters. The molecule has 2 aromatic rings. The largest absolute Gasteiger partial charge is 0.485 e. The lowest BCUT2D eigenvalue weighted by Gasteiger charge is -2.48. The van der Waals surface area contributed by atoms with E-state index >= 15 is 0 Å². The number of ether oxygens (including phenoxy) is 3. The van der Waals surface area contributed by atoms with Crippen molar-refractivity contribution in [1.82, 2.24) is 14.6 Å². The Morgan fingerprint density at radius 3 is 2.48 bits per heavy atom. The number of anilines is 1. The molecule has 6 rings (SSSR count). The molecular weight excluding hydrogens is 652 g/mol. The summed E-state index contributed by atoms with van der Waals surface area (Å²) in [4.78, 5) is 22.7. The van der Waals surface area contributed by atoms with Crippen molar-refractivity contribution in [2.24, 2.45) is 23.7 Å². The second-order valence-corrected chi connectivity index (χ2v) is 17.0. The summed E-state index contributed by atoms with van der Waals surface area (Å²) >= 11 is 6.36. The van der Waals surface area contributed by atoms with Gasteiger partial charge in [0, 0.05) is 24.0 Å². The van der Waals surface area contributed by atoms with Crippen LogP contribution in [0.2, 0.25) is 5.02 Å². The van der Waals surface area contributed by atoms with Gasteiger partial charge in [-0.15, -0.1) is 0 Å². The quantitative estimate of drug-likeness (QED) is 0.423. The van der Waals surface area contributed by atoms with Gasteiger partial charge in [-0.05, 0) is 119 Å². The first-order valence-corrected chi connectivity index (χ1v) is 19.5. The summed E-state index contributed by atoms with van der Waals surface area (Å²) in [5.74, 6) is 1.28. The number of nitrogens with zero attached hydrogens (tertiary/aromatic N) is 3. The number of halogens is 1. The Bertz CT molecular complexity index is 1550. The number of carbonyl (C=O) groups excluding carboxylic acids is 1. The highest BCUT2D eigenvalue weighted by Gasteiger charge is 2.44. The van der Waals surface area contributed by atoms with Crippen LogP contribution in [0, 0.1) is 23.7 Å². The molecule has 4 aliphatic rings. The number of hydrogen-bond acceptors (Lipinski definition) is 9. The lowest BCUT2D eigenvalue weighted by Crippen LogP contribution is -2.50. The first-order chi connectivity index (χ1) is 23.0. The van der Waals surface area contributed by atoms with E-state index < -0.39 is 21.2 Å². The summed E-state index contributed by atoms with van der Waals surface area (Å²) in [5, 5.41) is -0.0413. The van der Waals surface area contributed by atoms with E-state index in [0.29, 0.717) is 48.2 Å². The van der Waals surface area contributed by atoms with Crippen LogP contribution in [-0.4, -0.2) is 82.2 Å². The molecule has 1 amide bonds. The zero-order chi connectivity index (χ0) is 34.0. The maximum absolute atomic E-state index is 13.4. The lowest BCUT2D eigenvalue weighted by molar-refractivity contribution is -0.240. The summed E-state index contributed by atoms with van der Waals surface area (Å²) in [6.07, 6.45) is 7.15. The normalized spacial score (nSPS) is 31.7. The molecular formula is C36H51ClN4O6S. The van der Waals surface area contributed by atoms with Gasteiger partial charge in [-0.25, -0.2) is 18.1 Å². The van der Waals surface area contributed by atoms with Crippen molar-refractivity contribution in [2.75, 3.05) is 45.3 Å². The van der Waals surface area contributed by atoms with Gasteiger partial charge in [0.05, 0.1) is 24.5 Å². The highest BCUT2D eigenvalue weighted by atomic mass is 35.5. The Kier molecular flexibility index (Phi) is 11.2. The summed E-state index contributed by atoms with van der Waals surface area (Å²) in [6.45, 7) is 6.72. The predicted molar refractivity (Wildman–Crippen MR) is 187 cm³/mol. The molecule has 1 aromatic carbocycles. The third-order valence-corrected chi connectivity index (χ3v) is 13.4. The fourth-order valence-electron chi connectivity index (χ4n) is 7.69. The van der Waals surface area contributed by atoms with Crippen molar-refractivity contribution in [3.8, 4) is 5.75 Å². The minimum Gasteiger partial charge on any atom is -0.485 e. The number of aryl methyl sites for hydroxylation is 1. The van der Waals surface area contributed by atoms with Crippen LogP contribution in [0.4, 0.5) is 5.82 Å². The molecule has 10 nitrogen and oxygen atoms in total. The standard InChI is InChI=1S/C36H51ClN4O6S/c1-23-8-7-10-31(36-46-21-29(22-47-36)40(3)4)30-14-12-26(30)19-41-17-6-5-9-25-18-28(37)13-11-27(25)20-45-33-16-15-32(38-34(33)41)35(42)39-48(43,44)24(23)2/h11,13,15-16,18,23-24,26,29-31,36H,5-10,12,14,17,19-22H2,1-4H3,(H,39,42)/t23-,24+,26-,29-,30+,31+,36+/m0/s1. The molecule has 1 saturated heterocycles. The molecule has 1 aromatic heterocycles. The van der Waals surface area contributed by atoms with Gasteiger partial charge in [0.2, 0.25) is 10.0 Å². The molecule has 264 valence electrons. The maximum atomic E-state index is 13.4. The van der Waals surface area contributed by atoms with Crippen molar-refractivity contribution in [3.05, 3.63) is 52.2 Å². The number of likely N-dealkylation sites (N-methyl/N-ethyl adjacent to an activating group) is 1. The molecule has 48 heavy (non-hydrogen) atoms. The van der Waals surface area contributed by atoms with Gasteiger partial charge in [0.25, 0.3) is 5.91 Å². The number of rotatable bonds is 2. The zero-order valence-corrected chi connectivity index (χ0v) is 30.3. The summed E-state index contributed by atoms with van der Waals surface area (Å²) in [6, 6.07) is 9.45. The average molecular weight is 703 g/mol. The molecule has 4 heterocycles. The van der Waals surface area contributed by atoms with Crippen molar-refractivity contribution in [1.29, 1.82) is 0 Å². The number of hydrogen-bond donors (Lipinski definition) is 1. The first kappa shape index (κ1) is 35.4. The van der Waals surface area contributed by atoms with Crippen LogP contribution in [0.1, 0.15) is 80.4 Å². The average Bonchev–Trinajstić information content (AvgIpc) is 3.08. The Balaban J connectivity index is 1.35. The van der Waals surface area contributed by atoms with E-state index in [1.165, 1.54) is 5.56 Å². The SMILES string of the molecule is C[C@@H]1[C@@H](C)CCC[C@@H]([C@H]2OC[C@@H](N(C)C)CO2)[C@@H]2CC[C@H]2CN2CCCCc3cc(Cl)ccc3COc3ccc(nc32)C(=O)NS1(=O)=O. The molecule has 2 bridgehead atoms. The number of amides is 1. The van der Waals surface area contributed by atoms with Gasteiger partial charge in [0.15, 0.2) is 17.9 Å². The van der Waals surface area contributed by atoms with E-state index in [1.54, 1.807) is 19.1 Å². The number of fused-ring (bicyclic) bond motifs is 3. The van der Waals surface area contributed by atoms with Crippen molar-refractivity contribution < 1.29 is 27.4 Å². The molecule has 0 radical (unpaired) electrons. The second-order valence-electron chi connectivity index (χ2n) is 14.5. The molecule has 1 N–H and O–H groups in total. The van der Waals surface area contributed by atoms with Crippen molar-refractivity contribution in [2.45, 2.75) is 89.4 Å². The molecule has 2 fully saturated rings. The van der Waals surface area contributed by atoms with E-state index in [-0.39, 0.29) is 29.9 Å². The summed E-state index contributed by atoms with van der Waals surface area (Å²) < 4.78 is 48.5. The van der Waals surface area contributed by atoms with Gasteiger partial charge in [0.1, 0.15) is 12.3 Å². The van der Waals surface area contributed by atoms with E-state index in [2.05, 4.69) is 28.6 Å². The van der Waals surface area contributed by atoms with E-state index in [0.717, 1.165) is 70.0 Å². The van der Waals surface area contributed by atoms with Gasteiger partial charge in [-0.2, -0.15) is 0 Å². The van der Waals surface area contributed by atoms with Gasteiger partial charge in [-0.3, -0.25) is 4.79 Å². The molecule has 3 aliphatic heterocycles. The minimum absolute atomic E-state index is 0.0578. The predicted octanol–water partition coefficient (Wildman–Crippen LogP) is 5.67. The van der Waals surface area contributed by atoms with Crippen LogP contribution in [0.25, 0.3) is 0 Å². The van der Waals surface area contributed by atoms with Crippen molar-refractivity contribution >= 4 is 33.3 Å². The van der Waals surface area contributed by atoms with Crippen LogP contribution in [0.15, 0.2) is 30.3 Å². The Labute approximate surface area is 290 Å². The smallest absolute Gasteiger partial charge is 0.283 e. The van der Waals surface area contributed by atoms with Crippen LogP contribution < -0.4 is 14.4 Å². The van der Waals surface area contributed by atoms with E-state index in [4.69, 9.17) is 30.8 Å². The molecule has 0 unspecified atom stereocenters. The fourth-order valence-corrected chi connectivity index (χ4v) is 9.18. The lowest BCUT2D eigenvalue weighted by atomic mass is 9.65. The number of sulfonamides is 1. The Morgan fingerprint density at radius 2 is 1.75 bits per heavy atom. The van der Waals surface area contributed by atoms with E-state index in [1.807, 2.05) is 25.1 Å².